The molecule has 4 aromatic rings. The molecule has 0 aliphatic carbocycles. The molecule has 0 saturated carbocycles. The van der Waals surface area contributed by atoms with Gasteiger partial charge in [-0.25, -0.2) is 0 Å². The minimum Gasteiger partial charge on any atom is -1.00 e. The van der Waals surface area contributed by atoms with E-state index in [9.17, 15) is 0 Å². The van der Waals surface area contributed by atoms with Gasteiger partial charge in [0, 0.05) is 22.7 Å². The zero-order valence-electron chi connectivity index (χ0n) is 14.5. The molecule has 126 valence electrons. The van der Waals surface area contributed by atoms with Gasteiger partial charge in [-0.05, 0) is 49.7 Å². The van der Waals surface area contributed by atoms with Crippen molar-refractivity contribution < 1.29 is 21.5 Å². The topological polar surface area (TPSA) is 29.9 Å². The van der Waals surface area contributed by atoms with Crippen LogP contribution in [0, 0.1) is 6.92 Å². The van der Waals surface area contributed by atoms with Crippen molar-refractivity contribution in [3.8, 4) is 11.3 Å². The maximum Gasteiger partial charge on any atom is 0.220 e. The lowest BCUT2D eigenvalue weighted by atomic mass is 9.98. The van der Waals surface area contributed by atoms with E-state index in [0.717, 1.165) is 12.2 Å². The molecule has 0 fully saturated rings. The van der Waals surface area contributed by atoms with E-state index in [4.69, 9.17) is 5.73 Å². The number of aryl methyl sites for hydroxylation is 2. The van der Waals surface area contributed by atoms with Gasteiger partial charge < -0.3 is 22.7 Å². The van der Waals surface area contributed by atoms with Gasteiger partial charge >= 0.3 is 0 Å². The van der Waals surface area contributed by atoms with Crippen LogP contribution in [-0.2, 0) is 6.54 Å². The number of nitrogen functional groups attached to an aromatic ring is 1. The van der Waals surface area contributed by atoms with Crippen molar-refractivity contribution in [3.05, 3.63) is 72.3 Å². The van der Waals surface area contributed by atoms with E-state index in [0.29, 0.717) is 0 Å². The minimum atomic E-state index is 0. The summed E-state index contributed by atoms with van der Waals surface area (Å²) in [6.45, 7) is 5.26. The average molecular weight is 393 g/mol. The van der Waals surface area contributed by atoms with Crippen LogP contribution in [0.2, 0.25) is 0 Å². The molecule has 0 saturated heterocycles. The van der Waals surface area contributed by atoms with Crippen LogP contribution in [0.25, 0.3) is 32.9 Å². The first-order valence-corrected chi connectivity index (χ1v) is 8.40. The van der Waals surface area contributed by atoms with Crippen molar-refractivity contribution in [1.82, 2.24) is 0 Å². The molecule has 0 aliphatic heterocycles. The first kappa shape index (κ1) is 17.4. The molecule has 0 unspecified atom stereocenters. The minimum absolute atomic E-state index is 0. The average Bonchev–Trinajstić information content (AvgIpc) is 2.61. The summed E-state index contributed by atoms with van der Waals surface area (Å²) in [6, 6.07) is 23.5. The van der Waals surface area contributed by atoms with Crippen LogP contribution in [0.5, 0.6) is 0 Å². The second-order valence-electron chi connectivity index (χ2n) is 6.28. The Bertz CT molecular complexity index is 1060. The maximum atomic E-state index is 6.12. The number of nitrogens with two attached hydrogens (primary N) is 1. The number of nitrogens with zero attached hydrogens (tertiary/aromatic N) is 1. The fraction of sp³-hybridized carbons (Fsp3) is 0.136. The van der Waals surface area contributed by atoms with Gasteiger partial charge in [0.05, 0.1) is 10.8 Å². The van der Waals surface area contributed by atoms with Crippen molar-refractivity contribution in [2.45, 2.75) is 20.4 Å². The summed E-state index contributed by atoms with van der Waals surface area (Å²) in [4.78, 5) is 0. The number of benzene rings is 3. The summed E-state index contributed by atoms with van der Waals surface area (Å²) in [5.74, 6) is 0. The van der Waals surface area contributed by atoms with Crippen molar-refractivity contribution in [1.29, 1.82) is 0 Å². The van der Waals surface area contributed by atoms with Gasteiger partial charge in [0.25, 0.3) is 0 Å². The Hall–Kier alpha value is -2.39. The Morgan fingerprint density at radius 2 is 1.56 bits per heavy atom. The number of hydrogen-bond donors (Lipinski definition) is 1. The highest BCUT2D eigenvalue weighted by molar-refractivity contribution is 6.09. The van der Waals surface area contributed by atoms with Gasteiger partial charge in [-0.1, -0.05) is 30.3 Å². The van der Waals surface area contributed by atoms with Crippen molar-refractivity contribution in [2.75, 3.05) is 5.73 Å². The second-order valence-corrected chi connectivity index (χ2v) is 6.28. The molecule has 0 amide bonds. The Morgan fingerprint density at radius 3 is 2.28 bits per heavy atom. The Kier molecular flexibility index (Phi) is 4.78. The summed E-state index contributed by atoms with van der Waals surface area (Å²) in [5.41, 5.74) is 11.9. The molecule has 4 rings (SSSR count). The largest absolute Gasteiger partial charge is 1.00 e. The maximum absolute atomic E-state index is 6.12. The fourth-order valence-corrected chi connectivity index (χ4v) is 3.59. The van der Waals surface area contributed by atoms with Crippen LogP contribution in [0.1, 0.15) is 12.5 Å². The lowest BCUT2D eigenvalue weighted by Gasteiger charge is -2.12. The Balaban J connectivity index is 0.00000182. The molecule has 1 aromatic heterocycles. The molecule has 25 heavy (non-hydrogen) atoms. The lowest BCUT2D eigenvalue weighted by molar-refractivity contribution is -0.655. The Morgan fingerprint density at radius 1 is 0.840 bits per heavy atom. The van der Waals surface area contributed by atoms with Crippen molar-refractivity contribution in [3.63, 3.8) is 0 Å². The highest BCUT2D eigenvalue weighted by Crippen LogP contribution is 2.32. The predicted molar refractivity (Wildman–Crippen MR) is 102 cm³/mol. The van der Waals surface area contributed by atoms with E-state index < -0.39 is 0 Å². The third-order valence-corrected chi connectivity index (χ3v) is 4.67. The van der Waals surface area contributed by atoms with Crippen LogP contribution in [0.15, 0.2) is 66.7 Å². The smallest absolute Gasteiger partial charge is 0.220 e. The lowest BCUT2D eigenvalue weighted by Crippen LogP contribution is -3.00. The molecule has 3 aromatic carbocycles. The van der Waals surface area contributed by atoms with E-state index >= 15 is 0 Å². The first-order chi connectivity index (χ1) is 11.7. The normalized spacial score (nSPS) is 10.8. The first-order valence-electron chi connectivity index (χ1n) is 8.40. The monoisotopic (exact) mass is 392 g/mol. The van der Waals surface area contributed by atoms with E-state index in [1.807, 2.05) is 6.07 Å². The van der Waals surface area contributed by atoms with Gasteiger partial charge in [0.2, 0.25) is 11.2 Å². The summed E-state index contributed by atoms with van der Waals surface area (Å²) in [7, 11) is 0. The highest BCUT2D eigenvalue weighted by atomic mass is 79.9. The quantitative estimate of drug-likeness (QED) is 0.315. The Labute approximate surface area is 158 Å². The van der Waals surface area contributed by atoms with Crippen LogP contribution in [0.4, 0.5) is 5.69 Å². The number of pyridine rings is 1. The zero-order chi connectivity index (χ0) is 16.7. The van der Waals surface area contributed by atoms with Gasteiger partial charge in [0.15, 0.2) is 0 Å². The molecule has 0 bridgehead atoms. The highest BCUT2D eigenvalue weighted by Gasteiger charge is 2.22. The number of fused-ring (bicyclic) bond motifs is 3. The van der Waals surface area contributed by atoms with Crippen LogP contribution in [0.3, 0.4) is 0 Å². The summed E-state index contributed by atoms with van der Waals surface area (Å²) >= 11 is 0. The van der Waals surface area contributed by atoms with Crippen molar-refractivity contribution >= 4 is 27.4 Å². The second kappa shape index (κ2) is 6.85. The molecule has 0 aliphatic rings. The molecule has 0 spiro atoms. The number of hydrogen-bond acceptors (Lipinski definition) is 1. The fourth-order valence-electron chi connectivity index (χ4n) is 3.59. The number of halogens is 1. The van der Waals surface area contributed by atoms with E-state index in [1.54, 1.807) is 0 Å². The number of rotatable bonds is 2. The molecule has 2 N–H and O–H groups in total. The van der Waals surface area contributed by atoms with Crippen LogP contribution < -0.4 is 27.3 Å². The molecule has 3 heteroatoms. The SMILES string of the molecule is CC[n+]1c(-c2ccccc2)c2cc(N)ccc2c2ccc(C)cc21.[Br-]. The summed E-state index contributed by atoms with van der Waals surface area (Å²) < 4.78 is 2.40. The van der Waals surface area contributed by atoms with Gasteiger partial charge in [0.1, 0.15) is 6.54 Å². The molecule has 2 nitrogen and oxygen atoms in total. The molecule has 1 heterocycles. The van der Waals surface area contributed by atoms with Gasteiger partial charge in [-0.15, -0.1) is 0 Å². The van der Waals surface area contributed by atoms with Crippen LogP contribution >= 0.6 is 0 Å². The molecular weight excluding hydrogens is 372 g/mol. The van der Waals surface area contributed by atoms with Crippen molar-refractivity contribution in [2.24, 2.45) is 0 Å². The molecule has 0 radical (unpaired) electrons. The third-order valence-electron chi connectivity index (χ3n) is 4.67. The molecular formula is C22H21BrN2. The van der Waals surface area contributed by atoms with Gasteiger partial charge in [-0.2, -0.15) is 4.57 Å². The molecule has 0 atom stereocenters. The zero-order valence-corrected chi connectivity index (χ0v) is 16.0. The third kappa shape index (κ3) is 2.89. The van der Waals surface area contributed by atoms with Gasteiger partial charge in [-0.3, -0.25) is 0 Å². The van der Waals surface area contributed by atoms with E-state index in [2.05, 4.69) is 79.1 Å². The summed E-state index contributed by atoms with van der Waals surface area (Å²) in [5, 5.41) is 3.74. The summed E-state index contributed by atoms with van der Waals surface area (Å²) in [6.07, 6.45) is 0. The standard InChI is InChI=1S/C22H21N2.BrH/c1-3-24-21-13-15(2)9-11-19(21)18-12-10-17(23)14-20(18)22(24)16-7-5-4-6-8-16;/h4-14H,3,23H2,1-2H3;1H/q+1;/p-1. The predicted octanol–water partition coefficient (Wildman–Crippen LogP) is 1.86. The number of aromatic nitrogens is 1. The van der Waals surface area contributed by atoms with E-state index in [-0.39, 0.29) is 17.0 Å². The number of anilines is 1. The van der Waals surface area contributed by atoms with E-state index in [1.165, 1.54) is 38.5 Å². The van der Waals surface area contributed by atoms with Crippen LogP contribution in [-0.4, -0.2) is 0 Å².